The first-order chi connectivity index (χ1) is 11.9. The fourth-order valence-corrected chi connectivity index (χ4v) is 3.45. The quantitative estimate of drug-likeness (QED) is 0.755. The second kappa shape index (κ2) is 6.94. The zero-order valence-electron chi connectivity index (χ0n) is 13.8. The normalized spacial score (nSPS) is 12.3. The van der Waals surface area contributed by atoms with E-state index < -0.39 is 0 Å². The predicted molar refractivity (Wildman–Crippen MR) is 100 cm³/mol. The Morgan fingerprint density at radius 3 is 2.52 bits per heavy atom. The minimum Gasteiger partial charge on any atom is -0.348 e. The molecule has 130 valence electrons. The maximum Gasteiger partial charge on any atom is 0.329 e. The fraction of sp³-hybridized carbons (Fsp3) is 0.222. The molecule has 2 aromatic carbocycles. The van der Waals surface area contributed by atoms with Crippen molar-refractivity contribution < 1.29 is 4.79 Å². The Balaban J connectivity index is 1.81. The monoisotopic (exact) mass is 377 g/mol. The molecule has 1 aromatic heterocycles. The molecule has 5 nitrogen and oxygen atoms in total. The largest absolute Gasteiger partial charge is 0.348 e. The molecule has 1 heterocycles. The van der Waals surface area contributed by atoms with Gasteiger partial charge < -0.3 is 5.32 Å². The lowest BCUT2D eigenvalue weighted by Gasteiger charge is -2.16. The third-order valence-electron chi connectivity index (χ3n) is 4.16. The van der Waals surface area contributed by atoms with Crippen LogP contribution in [0.4, 0.5) is 0 Å². The lowest BCUT2D eigenvalue weighted by atomic mass is 10.1. The summed E-state index contributed by atoms with van der Waals surface area (Å²) in [4.78, 5) is 24.8. The van der Waals surface area contributed by atoms with Gasteiger partial charge in [-0.15, -0.1) is 0 Å². The number of rotatable bonds is 4. The Kier molecular flexibility index (Phi) is 4.88. The molecule has 0 radical (unpaired) electrons. The van der Waals surface area contributed by atoms with E-state index in [0.717, 1.165) is 16.6 Å². The van der Waals surface area contributed by atoms with Crippen molar-refractivity contribution in [3.63, 3.8) is 0 Å². The molecule has 0 unspecified atom stereocenters. The highest BCUT2D eigenvalue weighted by Gasteiger charge is 2.16. The zero-order chi connectivity index (χ0) is 18.1. The third kappa shape index (κ3) is 3.43. The van der Waals surface area contributed by atoms with Crippen LogP contribution in [-0.4, -0.2) is 15.0 Å². The van der Waals surface area contributed by atoms with Gasteiger partial charge >= 0.3 is 5.69 Å². The van der Waals surface area contributed by atoms with E-state index in [2.05, 4.69) is 5.32 Å². The van der Waals surface area contributed by atoms with Gasteiger partial charge in [-0.2, -0.15) is 0 Å². The van der Waals surface area contributed by atoms with Crippen LogP contribution in [0.5, 0.6) is 0 Å². The first kappa shape index (κ1) is 17.6. The van der Waals surface area contributed by atoms with Gasteiger partial charge in [0, 0.05) is 17.1 Å². The van der Waals surface area contributed by atoms with Gasteiger partial charge in [0.25, 0.3) is 0 Å². The summed E-state index contributed by atoms with van der Waals surface area (Å²) in [6.07, 6.45) is 0. The van der Waals surface area contributed by atoms with Gasteiger partial charge in [0.2, 0.25) is 5.91 Å². The molecule has 3 rings (SSSR count). The van der Waals surface area contributed by atoms with Crippen LogP contribution in [0.15, 0.2) is 47.3 Å². The fourth-order valence-electron chi connectivity index (χ4n) is 2.88. The average Bonchev–Trinajstić information content (AvgIpc) is 2.80. The highest BCUT2D eigenvalue weighted by atomic mass is 35.5. The Morgan fingerprint density at radius 1 is 1.16 bits per heavy atom. The number of nitrogens with one attached hydrogen (secondary N) is 1. The van der Waals surface area contributed by atoms with Crippen LogP contribution in [-0.2, 0) is 18.4 Å². The Hall–Kier alpha value is -2.24. The van der Waals surface area contributed by atoms with E-state index in [1.165, 1.54) is 9.13 Å². The summed E-state index contributed by atoms with van der Waals surface area (Å²) in [6, 6.07) is 12.2. The summed E-state index contributed by atoms with van der Waals surface area (Å²) in [5.41, 5.74) is 2.05. The molecule has 0 saturated heterocycles. The van der Waals surface area contributed by atoms with Crippen LogP contribution >= 0.6 is 23.2 Å². The second-order valence-corrected chi connectivity index (χ2v) is 6.72. The third-order valence-corrected chi connectivity index (χ3v) is 4.72. The molecule has 1 N–H and O–H groups in total. The maximum absolute atomic E-state index is 12.4. The van der Waals surface area contributed by atoms with Gasteiger partial charge in [0.1, 0.15) is 6.54 Å². The van der Waals surface area contributed by atoms with E-state index >= 15 is 0 Å². The van der Waals surface area contributed by atoms with Crippen molar-refractivity contribution in [3.05, 3.63) is 68.6 Å². The number of carbonyl (C=O) groups is 1. The molecule has 3 aromatic rings. The van der Waals surface area contributed by atoms with Crippen LogP contribution in [0.3, 0.4) is 0 Å². The first-order valence-electron chi connectivity index (χ1n) is 7.77. The van der Waals surface area contributed by atoms with Crippen molar-refractivity contribution in [1.82, 2.24) is 14.5 Å². The molecule has 25 heavy (non-hydrogen) atoms. The Morgan fingerprint density at radius 2 is 1.84 bits per heavy atom. The van der Waals surface area contributed by atoms with Crippen LogP contribution in [0.25, 0.3) is 11.0 Å². The number of amides is 1. The summed E-state index contributed by atoms with van der Waals surface area (Å²) in [5, 5.41) is 3.90. The molecule has 0 aliphatic heterocycles. The number of halogens is 2. The number of fused-ring (bicyclic) bond motifs is 1. The summed E-state index contributed by atoms with van der Waals surface area (Å²) >= 11 is 12.1. The van der Waals surface area contributed by atoms with Crippen molar-refractivity contribution in [2.75, 3.05) is 0 Å². The lowest BCUT2D eigenvalue weighted by Crippen LogP contribution is -2.34. The molecule has 0 aliphatic rings. The number of para-hydroxylation sites is 2. The van der Waals surface area contributed by atoms with Gasteiger partial charge in [0.15, 0.2) is 0 Å². The highest BCUT2D eigenvalue weighted by molar-refractivity contribution is 6.35. The number of nitrogens with zero attached hydrogens (tertiary/aromatic N) is 2. The van der Waals surface area contributed by atoms with Crippen LogP contribution in [0, 0.1) is 0 Å². The molecular weight excluding hydrogens is 361 g/mol. The Bertz CT molecular complexity index is 1010. The van der Waals surface area contributed by atoms with Gasteiger partial charge in [-0.25, -0.2) is 4.79 Å². The van der Waals surface area contributed by atoms with Crippen LogP contribution < -0.4 is 11.0 Å². The highest BCUT2D eigenvalue weighted by Crippen LogP contribution is 2.26. The van der Waals surface area contributed by atoms with Gasteiger partial charge in [-0.3, -0.25) is 13.9 Å². The number of aryl methyl sites for hydroxylation is 1. The van der Waals surface area contributed by atoms with Crippen molar-refractivity contribution >= 4 is 40.1 Å². The van der Waals surface area contributed by atoms with Crippen molar-refractivity contribution in [2.24, 2.45) is 7.05 Å². The summed E-state index contributed by atoms with van der Waals surface area (Å²) in [7, 11) is 1.69. The number of hydrogen-bond acceptors (Lipinski definition) is 2. The van der Waals surface area contributed by atoms with E-state index in [4.69, 9.17) is 23.2 Å². The lowest BCUT2D eigenvalue weighted by molar-refractivity contribution is -0.122. The first-order valence-corrected chi connectivity index (χ1v) is 8.52. The van der Waals surface area contributed by atoms with Gasteiger partial charge in [-0.05, 0) is 36.8 Å². The zero-order valence-corrected chi connectivity index (χ0v) is 15.3. The summed E-state index contributed by atoms with van der Waals surface area (Å²) in [5.74, 6) is -0.267. The van der Waals surface area contributed by atoms with E-state index in [1.807, 2.05) is 31.2 Å². The molecule has 0 saturated carbocycles. The topological polar surface area (TPSA) is 56.0 Å². The van der Waals surface area contributed by atoms with E-state index in [9.17, 15) is 9.59 Å². The second-order valence-electron chi connectivity index (χ2n) is 5.87. The molecule has 7 heteroatoms. The van der Waals surface area contributed by atoms with E-state index in [0.29, 0.717) is 10.0 Å². The maximum atomic E-state index is 12.4. The molecule has 0 fully saturated rings. The smallest absolute Gasteiger partial charge is 0.329 e. The van der Waals surface area contributed by atoms with Gasteiger partial charge in [-0.1, -0.05) is 41.4 Å². The molecule has 0 spiro atoms. The Labute approximate surface area is 154 Å². The molecule has 1 atom stereocenters. The molecule has 1 amide bonds. The number of carbonyl (C=O) groups excluding carboxylic acids is 1. The minimum absolute atomic E-state index is 0.0598. The molecule has 0 aliphatic carbocycles. The molecule has 0 bridgehead atoms. The standard InChI is InChI=1S/C18H17Cl2N3O2/c1-11(13-8-7-12(19)9-14(13)20)21-17(24)10-23-16-6-4-3-5-15(16)22(2)18(23)25/h3-9,11H,10H2,1-2H3,(H,21,24)/t11-/m0/s1. The average molecular weight is 378 g/mol. The van der Waals surface area contributed by atoms with Crippen LogP contribution in [0.1, 0.15) is 18.5 Å². The number of aromatic nitrogens is 2. The number of benzene rings is 2. The number of hydrogen-bond donors (Lipinski definition) is 1. The van der Waals surface area contributed by atoms with E-state index in [1.54, 1.807) is 25.2 Å². The minimum atomic E-state index is -0.303. The van der Waals surface area contributed by atoms with Crippen LogP contribution in [0.2, 0.25) is 10.0 Å². The summed E-state index contributed by atoms with van der Waals surface area (Å²) in [6.45, 7) is 1.77. The predicted octanol–water partition coefficient (Wildman–Crippen LogP) is 3.52. The van der Waals surface area contributed by atoms with Crippen molar-refractivity contribution in [2.45, 2.75) is 19.5 Å². The molecular formula is C18H17Cl2N3O2. The van der Waals surface area contributed by atoms with Gasteiger partial charge in [0.05, 0.1) is 17.1 Å². The van der Waals surface area contributed by atoms with Crippen molar-refractivity contribution in [1.29, 1.82) is 0 Å². The SMILES string of the molecule is C[C@H](NC(=O)Cn1c(=O)n(C)c2ccccc21)c1ccc(Cl)cc1Cl. The van der Waals surface area contributed by atoms with E-state index in [-0.39, 0.29) is 24.2 Å². The van der Waals surface area contributed by atoms with Crippen molar-refractivity contribution in [3.8, 4) is 0 Å². The summed E-state index contributed by atoms with van der Waals surface area (Å²) < 4.78 is 2.99. The number of imidazole rings is 1.